The molecule has 4 rings (SSSR count). The molecule has 4 aliphatic carbocycles. The van der Waals surface area contributed by atoms with Gasteiger partial charge in [-0.1, -0.05) is 34.6 Å². The summed E-state index contributed by atoms with van der Waals surface area (Å²) >= 11 is 0. The highest BCUT2D eigenvalue weighted by Crippen LogP contribution is 2.68. The number of fused-ring (bicyclic) bond motifs is 5. The molecule has 4 fully saturated rings. The lowest BCUT2D eigenvalue weighted by molar-refractivity contribution is -0.162. The van der Waals surface area contributed by atoms with Crippen LogP contribution in [0.15, 0.2) is 0 Å². The molecule has 0 radical (unpaired) electrons. The fraction of sp³-hybridized carbons (Fsp3) is 0.967. The summed E-state index contributed by atoms with van der Waals surface area (Å²) in [5.41, 5.74) is 0.647. The number of carbonyl (C=O) groups is 1. The Hall–Kier alpha value is -0.650. The minimum Gasteiger partial charge on any atom is -0.469 e. The third-order valence-electron chi connectivity index (χ3n) is 11.6. The standard InChI is InChI=1S/C30H54N2O3/c1-19(2)31-15-16-32-21-11-13-30(5)25-12-14-29(4)23(20(3)7-10-28(34)35-6)8-9-24(29)22(25)18-27(33)26(30)17-21/h19-27,31-33H,7-18H2,1-6H3/t20-,21?,22?,23+,24?,25?,26-,27?,29+,30+/m0/s1. The largest absolute Gasteiger partial charge is 0.469 e. The Morgan fingerprint density at radius 2 is 1.69 bits per heavy atom. The van der Waals surface area contributed by atoms with Crippen LogP contribution in [-0.2, 0) is 9.53 Å². The average Bonchev–Trinajstić information content (AvgIpc) is 3.18. The zero-order chi connectivity index (χ0) is 25.4. The van der Waals surface area contributed by atoms with E-state index in [9.17, 15) is 9.90 Å². The van der Waals surface area contributed by atoms with Gasteiger partial charge in [0, 0.05) is 31.6 Å². The molecule has 4 saturated carbocycles. The molecule has 0 spiro atoms. The van der Waals surface area contributed by atoms with Crippen molar-refractivity contribution in [3.8, 4) is 0 Å². The molecule has 3 N–H and O–H groups in total. The summed E-state index contributed by atoms with van der Waals surface area (Å²) in [4.78, 5) is 11.8. The second kappa shape index (κ2) is 11.0. The van der Waals surface area contributed by atoms with E-state index in [-0.39, 0.29) is 17.5 Å². The van der Waals surface area contributed by atoms with Gasteiger partial charge in [-0.25, -0.2) is 0 Å². The van der Waals surface area contributed by atoms with E-state index in [4.69, 9.17) is 4.74 Å². The summed E-state index contributed by atoms with van der Waals surface area (Å²) < 4.78 is 4.91. The summed E-state index contributed by atoms with van der Waals surface area (Å²) in [6.07, 6.45) is 11.2. The Kier molecular flexibility index (Phi) is 8.60. The lowest BCUT2D eigenvalue weighted by atomic mass is 9.43. The first-order chi connectivity index (χ1) is 16.6. The van der Waals surface area contributed by atoms with Gasteiger partial charge in [0.1, 0.15) is 0 Å². The summed E-state index contributed by atoms with van der Waals surface area (Å²) in [7, 11) is 1.50. The molecule has 0 heterocycles. The minimum absolute atomic E-state index is 0.0732. The minimum atomic E-state index is -0.155. The lowest BCUT2D eigenvalue weighted by Gasteiger charge is -2.62. The molecule has 0 aliphatic heterocycles. The van der Waals surface area contributed by atoms with Crippen LogP contribution >= 0.6 is 0 Å². The predicted octanol–water partition coefficient (Wildman–Crippen LogP) is 5.16. The molecule has 0 aromatic carbocycles. The van der Waals surface area contributed by atoms with Gasteiger partial charge < -0.3 is 20.5 Å². The predicted molar refractivity (Wildman–Crippen MR) is 142 cm³/mol. The molecule has 35 heavy (non-hydrogen) atoms. The summed E-state index contributed by atoms with van der Waals surface area (Å²) in [6.45, 7) is 13.9. The van der Waals surface area contributed by atoms with Crippen molar-refractivity contribution in [2.24, 2.45) is 46.3 Å². The van der Waals surface area contributed by atoms with Gasteiger partial charge in [0.2, 0.25) is 0 Å². The zero-order valence-electron chi connectivity index (χ0n) is 23.4. The van der Waals surface area contributed by atoms with E-state index in [1.165, 1.54) is 45.6 Å². The summed E-state index contributed by atoms with van der Waals surface area (Å²) in [5.74, 6) is 3.79. The highest BCUT2D eigenvalue weighted by molar-refractivity contribution is 5.69. The van der Waals surface area contributed by atoms with Gasteiger partial charge in [0.15, 0.2) is 0 Å². The number of rotatable bonds is 9. The second-order valence-electron chi connectivity index (χ2n) is 13.6. The zero-order valence-corrected chi connectivity index (χ0v) is 23.4. The van der Waals surface area contributed by atoms with Crippen molar-refractivity contribution >= 4 is 5.97 Å². The molecule has 4 aliphatic rings. The van der Waals surface area contributed by atoms with E-state index in [1.807, 2.05) is 0 Å². The van der Waals surface area contributed by atoms with Crippen molar-refractivity contribution < 1.29 is 14.6 Å². The Morgan fingerprint density at radius 3 is 2.40 bits per heavy atom. The first-order valence-electron chi connectivity index (χ1n) is 14.8. The Morgan fingerprint density at radius 1 is 0.971 bits per heavy atom. The summed E-state index contributed by atoms with van der Waals surface area (Å²) in [5, 5.41) is 18.8. The van der Waals surface area contributed by atoms with Gasteiger partial charge in [0.05, 0.1) is 13.2 Å². The topological polar surface area (TPSA) is 70.6 Å². The van der Waals surface area contributed by atoms with Crippen molar-refractivity contribution in [3.63, 3.8) is 0 Å². The second-order valence-corrected chi connectivity index (χ2v) is 13.6. The monoisotopic (exact) mass is 490 g/mol. The smallest absolute Gasteiger partial charge is 0.305 e. The lowest BCUT2D eigenvalue weighted by Crippen LogP contribution is -2.59. The molecular weight excluding hydrogens is 436 g/mol. The molecule has 0 aromatic heterocycles. The van der Waals surface area contributed by atoms with Crippen LogP contribution in [0.25, 0.3) is 0 Å². The molecule has 10 atom stereocenters. The first kappa shape index (κ1) is 27.4. The molecule has 5 nitrogen and oxygen atoms in total. The van der Waals surface area contributed by atoms with Crippen LogP contribution in [0.5, 0.6) is 0 Å². The van der Waals surface area contributed by atoms with Gasteiger partial charge in [0.25, 0.3) is 0 Å². The van der Waals surface area contributed by atoms with Crippen LogP contribution < -0.4 is 10.6 Å². The molecule has 5 heteroatoms. The number of carbonyl (C=O) groups excluding carboxylic acids is 1. The van der Waals surface area contributed by atoms with Crippen LogP contribution in [-0.4, -0.2) is 49.5 Å². The van der Waals surface area contributed by atoms with E-state index in [1.54, 1.807) is 0 Å². The first-order valence-corrected chi connectivity index (χ1v) is 14.8. The molecular formula is C30H54N2O3. The van der Waals surface area contributed by atoms with Crippen LogP contribution in [0.1, 0.15) is 98.8 Å². The van der Waals surface area contributed by atoms with E-state index in [0.29, 0.717) is 47.6 Å². The van der Waals surface area contributed by atoms with Crippen LogP contribution in [0.4, 0.5) is 0 Å². The Balaban J connectivity index is 1.40. The third kappa shape index (κ3) is 5.34. The normalized spacial score (nSPS) is 43.8. The molecule has 0 aromatic rings. The summed E-state index contributed by atoms with van der Waals surface area (Å²) in [6, 6.07) is 1.08. The molecule has 0 amide bonds. The number of hydrogen-bond donors (Lipinski definition) is 3. The molecule has 202 valence electrons. The van der Waals surface area contributed by atoms with E-state index in [2.05, 4.69) is 45.3 Å². The highest BCUT2D eigenvalue weighted by atomic mass is 16.5. The SMILES string of the molecule is COC(=O)CC[C@H](C)[C@H]1CCC2C3CC(O)[C@@H]4CC(NCCNC(C)C)CC[C@]4(C)C3CC[C@@]21C. The van der Waals surface area contributed by atoms with E-state index in [0.717, 1.165) is 44.2 Å². The average molecular weight is 491 g/mol. The maximum atomic E-state index is 11.8. The number of aliphatic hydroxyl groups is 1. The van der Waals surface area contributed by atoms with Crippen molar-refractivity contribution in [2.75, 3.05) is 20.2 Å². The maximum absolute atomic E-state index is 11.8. The Labute approximate surface area is 214 Å². The number of ether oxygens (including phenoxy) is 1. The van der Waals surface area contributed by atoms with Crippen LogP contribution in [0.2, 0.25) is 0 Å². The van der Waals surface area contributed by atoms with Crippen LogP contribution in [0, 0.1) is 46.3 Å². The number of hydrogen-bond acceptors (Lipinski definition) is 5. The van der Waals surface area contributed by atoms with Gasteiger partial charge in [-0.05, 0) is 104 Å². The van der Waals surface area contributed by atoms with Crippen molar-refractivity contribution in [1.29, 1.82) is 0 Å². The number of methoxy groups -OCH3 is 1. The van der Waals surface area contributed by atoms with Gasteiger partial charge in [-0.15, -0.1) is 0 Å². The van der Waals surface area contributed by atoms with E-state index >= 15 is 0 Å². The fourth-order valence-electron chi connectivity index (χ4n) is 9.75. The van der Waals surface area contributed by atoms with E-state index < -0.39 is 0 Å². The van der Waals surface area contributed by atoms with Gasteiger partial charge >= 0.3 is 5.97 Å². The number of aliphatic hydroxyl groups excluding tert-OH is 1. The maximum Gasteiger partial charge on any atom is 0.305 e. The molecule has 0 saturated heterocycles. The quantitative estimate of drug-likeness (QED) is 0.308. The van der Waals surface area contributed by atoms with Gasteiger partial charge in [-0.2, -0.15) is 0 Å². The highest BCUT2D eigenvalue weighted by Gasteiger charge is 2.62. The molecule has 0 bridgehead atoms. The van der Waals surface area contributed by atoms with Gasteiger partial charge in [-0.3, -0.25) is 4.79 Å². The fourth-order valence-corrected chi connectivity index (χ4v) is 9.75. The number of esters is 1. The Bertz CT molecular complexity index is 728. The third-order valence-corrected chi connectivity index (χ3v) is 11.6. The molecule has 5 unspecified atom stereocenters. The van der Waals surface area contributed by atoms with Crippen molar-refractivity contribution in [1.82, 2.24) is 10.6 Å². The van der Waals surface area contributed by atoms with Crippen LogP contribution in [0.3, 0.4) is 0 Å². The number of nitrogens with one attached hydrogen (secondary N) is 2. The van der Waals surface area contributed by atoms with Crippen molar-refractivity contribution in [3.05, 3.63) is 0 Å². The van der Waals surface area contributed by atoms with Crippen molar-refractivity contribution in [2.45, 2.75) is 117 Å².